The number of terminal acetylenes is 2. The molecule has 0 aromatic carbocycles. The van der Waals surface area contributed by atoms with Gasteiger partial charge in [0.15, 0.2) is 0 Å². The Morgan fingerprint density at radius 1 is 0.926 bits per heavy atom. The van der Waals surface area contributed by atoms with Crippen molar-refractivity contribution in [3.05, 3.63) is 0 Å². The van der Waals surface area contributed by atoms with Gasteiger partial charge in [0.25, 0.3) is 0 Å². The average molecular weight is 380 g/mol. The fraction of sp³-hybridized carbons (Fsp3) is 0.700. The second kappa shape index (κ2) is 18.7. The van der Waals surface area contributed by atoms with E-state index in [2.05, 4.69) is 17.2 Å². The molecule has 2 saturated heterocycles. The molecule has 2 aliphatic rings. The molecule has 0 spiro atoms. The first-order valence-corrected chi connectivity index (χ1v) is 9.34. The third-order valence-electron chi connectivity index (χ3n) is 3.63. The smallest absolute Gasteiger partial charge is 0.303 e. The highest BCUT2D eigenvalue weighted by Crippen LogP contribution is 2.03. The maximum Gasteiger partial charge on any atom is 0.303 e. The van der Waals surface area contributed by atoms with E-state index in [1.54, 1.807) is 0 Å². The van der Waals surface area contributed by atoms with Gasteiger partial charge in [-0.25, -0.2) is 0 Å². The summed E-state index contributed by atoms with van der Waals surface area (Å²) >= 11 is 0. The van der Waals surface area contributed by atoms with Gasteiger partial charge in [0, 0.05) is 51.9 Å². The number of aliphatic carboxylic acids is 1. The summed E-state index contributed by atoms with van der Waals surface area (Å²) in [6.45, 7) is 6.63. The van der Waals surface area contributed by atoms with Gasteiger partial charge in [-0.2, -0.15) is 0 Å². The second-order valence-electron chi connectivity index (χ2n) is 5.86. The Morgan fingerprint density at radius 3 is 1.85 bits per heavy atom. The number of unbranched alkanes of at least 4 members (excludes halogenated alkanes) is 2. The molecule has 2 rings (SSSR count). The first kappa shape index (κ1) is 24.9. The van der Waals surface area contributed by atoms with Gasteiger partial charge in [0.05, 0.1) is 26.4 Å². The third-order valence-corrected chi connectivity index (χ3v) is 3.63. The number of morpholine rings is 2. The molecule has 0 aromatic heterocycles. The van der Waals surface area contributed by atoms with Gasteiger partial charge < -0.3 is 24.8 Å². The Kier molecular flexibility index (Phi) is 17.3. The van der Waals surface area contributed by atoms with Gasteiger partial charge in [-0.15, -0.1) is 24.7 Å². The van der Waals surface area contributed by atoms with E-state index >= 15 is 0 Å². The van der Waals surface area contributed by atoms with E-state index < -0.39 is 5.97 Å². The van der Waals surface area contributed by atoms with Gasteiger partial charge >= 0.3 is 5.97 Å². The number of amides is 1. The molecule has 2 N–H and O–H groups in total. The predicted molar refractivity (Wildman–Crippen MR) is 104 cm³/mol. The van der Waals surface area contributed by atoms with Crippen LogP contribution in [0.1, 0.15) is 38.5 Å². The van der Waals surface area contributed by atoms with Crippen molar-refractivity contribution in [1.29, 1.82) is 0 Å². The van der Waals surface area contributed by atoms with Crippen LogP contribution in [0.3, 0.4) is 0 Å². The largest absolute Gasteiger partial charge is 0.481 e. The van der Waals surface area contributed by atoms with E-state index in [9.17, 15) is 9.59 Å². The van der Waals surface area contributed by atoms with Crippen LogP contribution in [0.2, 0.25) is 0 Å². The number of rotatable bonds is 6. The Morgan fingerprint density at radius 2 is 1.44 bits per heavy atom. The fourth-order valence-corrected chi connectivity index (χ4v) is 2.17. The van der Waals surface area contributed by atoms with Crippen LogP contribution < -0.4 is 5.32 Å². The Hall–Kier alpha value is -2.06. The Balaban J connectivity index is 0.000000412. The third kappa shape index (κ3) is 17.1. The topological polar surface area (TPSA) is 88.1 Å². The molecule has 1 amide bonds. The normalized spacial score (nSPS) is 15.7. The molecule has 2 fully saturated rings. The summed E-state index contributed by atoms with van der Waals surface area (Å²) in [6.07, 6.45) is 13.4. The molecule has 7 heteroatoms. The van der Waals surface area contributed by atoms with Crippen LogP contribution in [-0.4, -0.2) is 74.5 Å². The summed E-state index contributed by atoms with van der Waals surface area (Å²) in [5.74, 6) is 4.32. The van der Waals surface area contributed by atoms with E-state index in [0.717, 1.165) is 45.8 Å². The first-order chi connectivity index (χ1) is 13.1. The van der Waals surface area contributed by atoms with Crippen LogP contribution in [0.4, 0.5) is 0 Å². The van der Waals surface area contributed by atoms with Crippen molar-refractivity contribution in [3.8, 4) is 24.7 Å². The second-order valence-corrected chi connectivity index (χ2v) is 5.86. The summed E-state index contributed by atoms with van der Waals surface area (Å²) in [6, 6.07) is 0. The highest BCUT2D eigenvalue weighted by Gasteiger charge is 2.15. The van der Waals surface area contributed by atoms with Crippen LogP contribution in [0.15, 0.2) is 0 Å². The lowest BCUT2D eigenvalue weighted by atomic mass is 10.2. The molecule has 7 nitrogen and oxygen atoms in total. The number of nitrogens with zero attached hydrogens (tertiary/aromatic N) is 1. The van der Waals surface area contributed by atoms with Gasteiger partial charge in [-0.05, 0) is 12.8 Å². The van der Waals surface area contributed by atoms with Crippen molar-refractivity contribution in [2.24, 2.45) is 0 Å². The van der Waals surface area contributed by atoms with Crippen LogP contribution >= 0.6 is 0 Å². The molecule has 0 aliphatic carbocycles. The highest BCUT2D eigenvalue weighted by atomic mass is 16.5. The van der Waals surface area contributed by atoms with Gasteiger partial charge in [-0.3, -0.25) is 9.59 Å². The molecule has 0 saturated carbocycles. The Bertz CT molecular complexity index is 460. The minimum absolute atomic E-state index is 0.185. The van der Waals surface area contributed by atoms with E-state index in [4.69, 9.17) is 27.4 Å². The number of carboxylic acid groups (broad SMARTS) is 1. The van der Waals surface area contributed by atoms with E-state index in [-0.39, 0.29) is 12.3 Å². The van der Waals surface area contributed by atoms with Crippen LogP contribution in [0.25, 0.3) is 0 Å². The van der Waals surface area contributed by atoms with E-state index in [1.807, 2.05) is 4.90 Å². The fourth-order valence-electron chi connectivity index (χ4n) is 2.17. The number of carboxylic acids is 1. The molecule has 0 bridgehead atoms. The molecular formula is C20H32N2O5. The lowest BCUT2D eigenvalue weighted by Crippen LogP contribution is -2.40. The monoisotopic (exact) mass is 380 g/mol. The molecule has 2 aliphatic heterocycles. The molecular weight excluding hydrogens is 348 g/mol. The van der Waals surface area contributed by atoms with Gasteiger partial charge in [0.2, 0.25) is 5.91 Å². The molecule has 2 heterocycles. The average Bonchev–Trinajstić information content (AvgIpc) is 2.71. The van der Waals surface area contributed by atoms with Crippen molar-refractivity contribution in [2.75, 3.05) is 52.6 Å². The number of hydrogen-bond donors (Lipinski definition) is 2. The lowest BCUT2D eigenvalue weighted by Gasteiger charge is -2.26. The summed E-state index contributed by atoms with van der Waals surface area (Å²) in [5, 5.41) is 11.2. The van der Waals surface area contributed by atoms with Crippen LogP contribution in [-0.2, 0) is 19.1 Å². The van der Waals surface area contributed by atoms with Crippen LogP contribution in [0.5, 0.6) is 0 Å². The SMILES string of the molecule is C#CCCCC(=O)N1CCOCC1.C#CCCCC(=O)O.C1COCCN1. The molecule has 152 valence electrons. The quantitative estimate of drug-likeness (QED) is 0.531. The number of ether oxygens (including phenoxy) is 2. The number of nitrogens with one attached hydrogen (secondary N) is 1. The maximum atomic E-state index is 11.5. The molecule has 0 unspecified atom stereocenters. The lowest BCUT2D eigenvalue weighted by molar-refractivity contribution is -0.137. The molecule has 27 heavy (non-hydrogen) atoms. The predicted octanol–water partition coefficient (Wildman–Crippen LogP) is 1.13. The summed E-state index contributed by atoms with van der Waals surface area (Å²) in [7, 11) is 0. The van der Waals surface area contributed by atoms with Crippen molar-refractivity contribution in [2.45, 2.75) is 38.5 Å². The summed E-state index contributed by atoms with van der Waals surface area (Å²) < 4.78 is 10.2. The molecule has 0 aromatic rings. The van der Waals surface area contributed by atoms with E-state index in [1.165, 1.54) is 0 Å². The zero-order chi connectivity index (χ0) is 20.2. The number of carbonyl (C=O) groups excluding carboxylic acids is 1. The number of hydrogen-bond acceptors (Lipinski definition) is 5. The van der Waals surface area contributed by atoms with Crippen molar-refractivity contribution in [1.82, 2.24) is 10.2 Å². The van der Waals surface area contributed by atoms with Crippen molar-refractivity contribution < 1.29 is 24.2 Å². The molecule has 0 radical (unpaired) electrons. The van der Waals surface area contributed by atoms with Crippen LogP contribution in [0, 0.1) is 24.7 Å². The van der Waals surface area contributed by atoms with Crippen molar-refractivity contribution >= 4 is 11.9 Å². The number of carbonyl (C=O) groups is 2. The highest BCUT2D eigenvalue weighted by molar-refractivity contribution is 5.76. The van der Waals surface area contributed by atoms with Gasteiger partial charge in [-0.1, -0.05) is 0 Å². The Labute approximate surface area is 162 Å². The first-order valence-electron chi connectivity index (χ1n) is 9.34. The zero-order valence-corrected chi connectivity index (χ0v) is 16.1. The standard InChI is InChI=1S/C10H15NO2.C6H8O2.C4H9NO/c1-2-3-4-5-10(12)11-6-8-13-9-7-11;1-2-3-4-5-6(7)8;1-3-6-4-2-5-1/h1H,3-9H2;1H,3-5H2,(H,7,8);5H,1-4H2. The minimum atomic E-state index is -0.778. The van der Waals surface area contributed by atoms with Gasteiger partial charge in [0.1, 0.15) is 0 Å². The maximum absolute atomic E-state index is 11.5. The zero-order valence-electron chi connectivity index (χ0n) is 16.1. The summed E-state index contributed by atoms with van der Waals surface area (Å²) in [4.78, 5) is 23.1. The van der Waals surface area contributed by atoms with Crippen molar-refractivity contribution in [3.63, 3.8) is 0 Å². The minimum Gasteiger partial charge on any atom is -0.481 e. The summed E-state index contributed by atoms with van der Waals surface area (Å²) in [5.41, 5.74) is 0. The van der Waals surface area contributed by atoms with E-state index in [0.29, 0.717) is 38.9 Å². The molecule has 0 atom stereocenters.